The third-order valence-electron chi connectivity index (χ3n) is 3.50. The van der Waals surface area contributed by atoms with Gasteiger partial charge in [-0.1, -0.05) is 13.0 Å². The minimum Gasteiger partial charge on any atom is -0.489 e. The number of benzene rings is 1. The molecular weight excluding hydrogens is 294 g/mol. The Morgan fingerprint density at radius 1 is 1.43 bits per heavy atom. The maximum atomic E-state index is 11.5. The number of rotatable bonds is 6. The summed E-state index contributed by atoms with van der Waals surface area (Å²) in [7, 11) is -2.97. The quantitative estimate of drug-likeness (QED) is 0.855. The Labute approximate surface area is 124 Å². The van der Waals surface area contributed by atoms with E-state index in [4.69, 9.17) is 9.84 Å². The first-order valence-corrected chi connectivity index (χ1v) is 8.71. The SMILES string of the molecule is CCS(=O)(=O)CCCN1CCOc2c(C(=O)O)cccc21. The lowest BCUT2D eigenvalue weighted by atomic mass is 10.1. The second kappa shape index (κ2) is 6.34. The number of para-hydroxylation sites is 1. The summed E-state index contributed by atoms with van der Waals surface area (Å²) in [5.74, 6) is -0.359. The van der Waals surface area contributed by atoms with Crippen molar-refractivity contribution in [2.24, 2.45) is 0 Å². The number of sulfone groups is 1. The summed E-state index contributed by atoms with van der Waals surface area (Å²) in [6.45, 7) is 3.23. The lowest BCUT2D eigenvalue weighted by molar-refractivity contribution is 0.0692. The van der Waals surface area contributed by atoms with Gasteiger partial charge in [-0.15, -0.1) is 0 Å². The minimum absolute atomic E-state index is 0.137. The first kappa shape index (κ1) is 15.6. The number of aromatic carboxylic acids is 1. The second-order valence-corrected chi connectivity index (χ2v) is 7.36. The maximum Gasteiger partial charge on any atom is 0.339 e. The Kier molecular flexibility index (Phi) is 4.72. The Bertz CT molecular complexity index is 626. The Morgan fingerprint density at radius 2 is 2.19 bits per heavy atom. The molecule has 1 heterocycles. The standard InChI is InChI=1S/C14H19NO5S/c1-2-21(18,19)10-4-7-15-8-9-20-13-11(14(16)17)5-3-6-12(13)15/h3,5-6H,2,4,7-10H2,1H3,(H,16,17). The van der Waals surface area contributed by atoms with Gasteiger partial charge in [-0.25, -0.2) is 13.2 Å². The van der Waals surface area contributed by atoms with Crippen molar-refractivity contribution in [3.05, 3.63) is 23.8 Å². The van der Waals surface area contributed by atoms with E-state index in [-0.39, 0.29) is 17.1 Å². The summed E-state index contributed by atoms with van der Waals surface area (Å²) in [5.41, 5.74) is 0.855. The molecule has 7 heteroatoms. The zero-order valence-electron chi connectivity index (χ0n) is 11.9. The molecule has 0 spiro atoms. The summed E-state index contributed by atoms with van der Waals surface area (Å²) in [6.07, 6.45) is 0.521. The number of fused-ring (bicyclic) bond motifs is 1. The van der Waals surface area contributed by atoms with E-state index in [1.807, 2.05) is 4.90 Å². The molecule has 0 unspecified atom stereocenters. The summed E-state index contributed by atoms with van der Waals surface area (Å²) < 4.78 is 28.5. The summed E-state index contributed by atoms with van der Waals surface area (Å²) in [6, 6.07) is 4.98. The van der Waals surface area contributed by atoms with Gasteiger partial charge in [0.25, 0.3) is 0 Å². The van der Waals surface area contributed by atoms with Crippen molar-refractivity contribution in [1.82, 2.24) is 0 Å². The topological polar surface area (TPSA) is 83.9 Å². The number of anilines is 1. The maximum absolute atomic E-state index is 11.5. The molecule has 6 nitrogen and oxygen atoms in total. The van der Waals surface area contributed by atoms with E-state index in [1.165, 1.54) is 6.07 Å². The van der Waals surface area contributed by atoms with Crippen LogP contribution in [0.4, 0.5) is 5.69 Å². The summed E-state index contributed by atoms with van der Waals surface area (Å²) in [5, 5.41) is 9.16. The number of ether oxygens (including phenoxy) is 1. The highest BCUT2D eigenvalue weighted by molar-refractivity contribution is 7.91. The van der Waals surface area contributed by atoms with Gasteiger partial charge in [0, 0.05) is 12.3 Å². The van der Waals surface area contributed by atoms with Crippen LogP contribution in [0.2, 0.25) is 0 Å². The molecule has 21 heavy (non-hydrogen) atoms. The van der Waals surface area contributed by atoms with Crippen molar-refractivity contribution >= 4 is 21.5 Å². The van der Waals surface area contributed by atoms with Gasteiger partial charge < -0.3 is 14.7 Å². The number of carbonyl (C=O) groups is 1. The lowest BCUT2D eigenvalue weighted by Crippen LogP contribution is -2.35. The van der Waals surface area contributed by atoms with Gasteiger partial charge in [0.1, 0.15) is 22.0 Å². The Balaban J connectivity index is 2.12. The van der Waals surface area contributed by atoms with Gasteiger partial charge in [0.15, 0.2) is 5.75 Å². The van der Waals surface area contributed by atoms with Crippen molar-refractivity contribution < 1.29 is 23.1 Å². The van der Waals surface area contributed by atoms with Gasteiger partial charge in [0.05, 0.1) is 18.0 Å². The van der Waals surface area contributed by atoms with Crippen LogP contribution in [0.25, 0.3) is 0 Å². The van der Waals surface area contributed by atoms with Crippen molar-refractivity contribution in [2.75, 3.05) is 36.1 Å². The molecule has 1 aromatic rings. The fourth-order valence-electron chi connectivity index (χ4n) is 2.32. The molecule has 2 rings (SSSR count). The average Bonchev–Trinajstić information content (AvgIpc) is 2.46. The normalized spacial score (nSPS) is 14.4. The number of hydrogen-bond donors (Lipinski definition) is 1. The molecule has 0 saturated carbocycles. The van der Waals surface area contributed by atoms with E-state index in [0.717, 1.165) is 5.69 Å². The van der Waals surface area contributed by atoms with Crippen LogP contribution in [0, 0.1) is 0 Å². The molecule has 0 atom stereocenters. The molecule has 0 amide bonds. The number of carboxylic acid groups (broad SMARTS) is 1. The molecule has 1 N–H and O–H groups in total. The predicted octanol–water partition coefficient (Wildman–Crippen LogP) is 1.41. The van der Waals surface area contributed by atoms with Gasteiger partial charge >= 0.3 is 5.97 Å². The van der Waals surface area contributed by atoms with Crippen LogP contribution in [0.15, 0.2) is 18.2 Å². The van der Waals surface area contributed by atoms with Gasteiger partial charge in [-0.3, -0.25) is 0 Å². The Hall–Kier alpha value is -1.76. The highest BCUT2D eigenvalue weighted by Gasteiger charge is 2.23. The zero-order valence-corrected chi connectivity index (χ0v) is 12.7. The average molecular weight is 313 g/mol. The third-order valence-corrected chi connectivity index (χ3v) is 5.29. The van der Waals surface area contributed by atoms with Crippen molar-refractivity contribution in [1.29, 1.82) is 0 Å². The van der Waals surface area contributed by atoms with Crippen LogP contribution in [0.3, 0.4) is 0 Å². The van der Waals surface area contributed by atoms with Crippen LogP contribution >= 0.6 is 0 Å². The molecule has 1 aliphatic heterocycles. The molecule has 0 bridgehead atoms. The fraction of sp³-hybridized carbons (Fsp3) is 0.500. The van der Waals surface area contributed by atoms with Gasteiger partial charge in [-0.05, 0) is 18.6 Å². The van der Waals surface area contributed by atoms with Crippen LogP contribution in [0.5, 0.6) is 5.75 Å². The van der Waals surface area contributed by atoms with E-state index in [2.05, 4.69) is 0 Å². The third kappa shape index (κ3) is 3.66. The van der Waals surface area contributed by atoms with Gasteiger partial charge in [0.2, 0.25) is 0 Å². The number of hydrogen-bond acceptors (Lipinski definition) is 5. The fourth-order valence-corrected chi connectivity index (χ4v) is 3.18. The predicted molar refractivity (Wildman–Crippen MR) is 80.1 cm³/mol. The molecule has 116 valence electrons. The van der Waals surface area contributed by atoms with E-state index >= 15 is 0 Å². The number of carboxylic acids is 1. The van der Waals surface area contributed by atoms with E-state index in [9.17, 15) is 13.2 Å². The molecule has 1 aliphatic rings. The lowest BCUT2D eigenvalue weighted by Gasteiger charge is -2.31. The monoisotopic (exact) mass is 313 g/mol. The van der Waals surface area contributed by atoms with Crippen molar-refractivity contribution in [3.63, 3.8) is 0 Å². The molecule has 0 saturated heterocycles. The molecule has 0 radical (unpaired) electrons. The highest BCUT2D eigenvalue weighted by atomic mass is 32.2. The van der Waals surface area contributed by atoms with E-state index in [1.54, 1.807) is 19.1 Å². The molecule has 1 aromatic carbocycles. The number of nitrogens with zero attached hydrogens (tertiary/aromatic N) is 1. The van der Waals surface area contributed by atoms with Crippen molar-refractivity contribution in [2.45, 2.75) is 13.3 Å². The van der Waals surface area contributed by atoms with E-state index < -0.39 is 15.8 Å². The summed E-state index contributed by atoms with van der Waals surface area (Å²) in [4.78, 5) is 13.2. The first-order chi connectivity index (χ1) is 9.94. The van der Waals surface area contributed by atoms with Crippen LogP contribution in [0.1, 0.15) is 23.7 Å². The van der Waals surface area contributed by atoms with Crippen LogP contribution in [-0.2, 0) is 9.84 Å². The smallest absolute Gasteiger partial charge is 0.339 e. The van der Waals surface area contributed by atoms with Crippen LogP contribution in [-0.4, -0.2) is 50.7 Å². The van der Waals surface area contributed by atoms with Crippen LogP contribution < -0.4 is 9.64 Å². The van der Waals surface area contributed by atoms with E-state index in [0.29, 0.717) is 31.9 Å². The van der Waals surface area contributed by atoms with Crippen molar-refractivity contribution in [3.8, 4) is 5.75 Å². The Morgan fingerprint density at radius 3 is 2.86 bits per heavy atom. The minimum atomic E-state index is -2.97. The van der Waals surface area contributed by atoms with Gasteiger partial charge in [-0.2, -0.15) is 0 Å². The molecule has 0 aromatic heterocycles. The second-order valence-electron chi connectivity index (χ2n) is 4.88. The summed E-state index contributed by atoms with van der Waals surface area (Å²) >= 11 is 0. The largest absolute Gasteiger partial charge is 0.489 e. The first-order valence-electron chi connectivity index (χ1n) is 6.89. The molecule has 0 aliphatic carbocycles. The highest BCUT2D eigenvalue weighted by Crippen LogP contribution is 2.34. The molecule has 0 fully saturated rings. The molecular formula is C14H19NO5S. The zero-order chi connectivity index (χ0) is 15.5.